The van der Waals surface area contributed by atoms with Crippen molar-refractivity contribution in [3.8, 4) is 0 Å². The first-order valence-electron chi connectivity index (χ1n) is 9.56. The molecule has 1 aliphatic carbocycles. The summed E-state index contributed by atoms with van der Waals surface area (Å²) in [7, 11) is 2.14. The number of nitrogen functional groups attached to an aromatic ring is 1. The molecular weight excluding hydrogens is 336 g/mol. The lowest BCUT2D eigenvalue weighted by Crippen LogP contribution is -2.50. The lowest BCUT2D eigenvalue weighted by molar-refractivity contribution is -0.122. The van der Waals surface area contributed by atoms with Crippen molar-refractivity contribution in [1.82, 2.24) is 9.88 Å². The fourth-order valence-corrected chi connectivity index (χ4v) is 4.98. The van der Waals surface area contributed by atoms with Gasteiger partial charge < -0.3 is 20.9 Å². The van der Waals surface area contributed by atoms with E-state index in [4.69, 9.17) is 5.73 Å². The second kappa shape index (κ2) is 6.13. The Kier molecular flexibility index (Phi) is 3.72. The van der Waals surface area contributed by atoms with E-state index in [1.54, 1.807) is 0 Å². The lowest BCUT2D eigenvalue weighted by Gasteiger charge is -2.45. The summed E-state index contributed by atoms with van der Waals surface area (Å²) in [5, 5.41) is 4.40. The molecule has 2 heterocycles. The van der Waals surface area contributed by atoms with Crippen LogP contribution in [-0.2, 0) is 11.2 Å². The SMILES string of the molecule is CN1C[C@H](C(=O)Nc2ccccc2N)C[C@@H]2c3cccc4[nH]cc(c34)C[C@H]21. The van der Waals surface area contributed by atoms with Gasteiger partial charge in [0.1, 0.15) is 0 Å². The number of benzene rings is 2. The third-order valence-electron chi connectivity index (χ3n) is 6.32. The summed E-state index contributed by atoms with van der Waals surface area (Å²) in [5.74, 6) is 0.386. The van der Waals surface area contributed by atoms with Crippen LogP contribution in [0.5, 0.6) is 0 Å². The fraction of sp³-hybridized carbons (Fsp3) is 0.318. The van der Waals surface area contributed by atoms with Gasteiger partial charge in [0.25, 0.3) is 0 Å². The third kappa shape index (κ3) is 2.61. The highest BCUT2D eigenvalue weighted by atomic mass is 16.1. The maximum Gasteiger partial charge on any atom is 0.228 e. The Morgan fingerprint density at radius 3 is 2.93 bits per heavy atom. The molecule has 2 aromatic carbocycles. The van der Waals surface area contributed by atoms with Gasteiger partial charge in [0.05, 0.1) is 17.3 Å². The number of hydrogen-bond donors (Lipinski definition) is 3. The Hall–Kier alpha value is -2.79. The predicted molar refractivity (Wildman–Crippen MR) is 109 cm³/mol. The zero-order valence-corrected chi connectivity index (χ0v) is 15.4. The molecule has 4 N–H and O–H groups in total. The molecule has 5 heteroatoms. The molecule has 1 amide bonds. The van der Waals surface area contributed by atoms with Crippen molar-refractivity contribution in [3.63, 3.8) is 0 Å². The quantitative estimate of drug-likeness (QED) is 0.614. The largest absolute Gasteiger partial charge is 0.397 e. The number of aromatic amines is 1. The predicted octanol–water partition coefficient (Wildman–Crippen LogP) is 3.35. The van der Waals surface area contributed by atoms with Crippen molar-refractivity contribution in [3.05, 3.63) is 59.8 Å². The van der Waals surface area contributed by atoms with E-state index in [9.17, 15) is 4.79 Å². The number of aromatic nitrogens is 1. The number of likely N-dealkylation sites (tertiary alicyclic amines) is 1. The van der Waals surface area contributed by atoms with Gasteiger partial charge in [-0.25, -0.2) is 0 Å². The number of anilines is 2. The van der Waals surface area contributed by atoms with Gasteiger partial charge in [0, 0.05) is 35.6 Å². The van der Waals surface area contributed by atoms with Crippen LogP contribution in [0, 0.1) is 5.92 Å². The summed E-state index contributed by atoms with van der Waals surface area (Å²) in [6.45, 7) is 0.773. The molecule has 0 saturated carbocycles. The number of likely N-dealkylation sites (N-methyl/N-ethyl adjacent to an activating group) is 1. The van der Waals surface area contributed by atoms with Crippen molar-refractivity contribution in [2.75, 3.05) is 24.6 Å². The van der Waals surface area contributed by atoms with Gasteiger partial charge >= 0.3 is 0 Å². The third-order valence-corrected chi connectivity index (χ3v) is 6.32. The minimum atomic E-state index is -0.0494. The molecule has 1 aromatic heterocycles. The highest BCUT2D eigenvalue weighted by Gasteiger charge is 2.41. The molecule has 3 aromatic rings. The number of fused-ring (bicyclic) bond motifs is 2. The number of piperidine rings is 1. The lowest BCUT2D eigenvalue weighted by atomic mass is 9.72. The van der Waals surface area contributed by atoms with E-state index in [-0.39, 0.29) is 11.8 Å². The smallest absolute Gasteiger partial charge is 0.228 e. The van der Waals surface area contributed by atoms with Crippen LogP contribution < -0.4 is 11.1 Å². The summed E-state index contributed by atoms with van der Waals surface area (Å²) in [4.78, 5) is 18.7. The second-order valence-electron chi connectivity index (χ2n) is 7.91. The number of H-pyrrole nitrogens is 1. The van der Waals surface area contributed by atoms with Crippen LogP contribution in [0.4, 0.5) is 11.4 Å². The second-order valence-corrected chi connectivity index (χ2v) is 7.91. The molecule has 5 nitrogen and oxygen atoms in total. The number of hydrogen-bond acceptors (Lipinski definition) is 3. The van der Waals surface area contributed by atoms with Crippen molar-refractivity contribution in [1.29, 1.82) is 0 Å². The standard InChI is InChI=1S/C22H24N4O/c1-26-12-14(22(27)25-18-7-3-2-6-17(18)23)9-16-15-5-4-8-19-21(15)13(11-24-19)10-20(16)26/h2-8,11,14,16,20,24H,9-10,12,23H2,1H3,(H,25,27)/t14-,16-,20-/m1/s1. The Morgan fingerprint density at radius 2 is 2.07 bits per heavy atom. The van der Waals surface area contributed by atoms with E-state index in [0.29, 0.717) is 23.3 Å². The number of rotatable bonds is 2. The number of amides is 1. The van der Waals surface area contributed by atoms with E-state index in [2.05, 4.69) is 46.6 Å². The van der Waals surface area contributed by atoms with Crippen LogP contribution in [0.25, 0.3) is 10.9 Å². The summed E-state index contributed by atoms with van der Waals surface area (Å²) in [5.41, 5.74) is 11.3. The molecule has 0 unspecified atom stereocenters. The van der Waals surface area contributed by atoms with Crippen LogP contribution in [0.15, 0.2) is 48.7 Å². The highest BCUT2D eigenvalue weighted by molar-refractivity contribution is 5.96. The molecule has 138 valence electrons. The molecule has 1 fully saturated rings. The molecule has 1 aliphatic heterocycles. The van der Waals surface area contributed by atoms with Crippen LogP contribution in [0.2, 0.25) is 0 Å². The van der Waals surface area contributed by atoms with Crippen molar-refractivity contribution in [2.24, 2.45) is 5.92 Å². The van der Waals surface area contributed by atoms with Gasteiger partial charge in [-0.05, 0) is 49.2 Å². The molecule has 2 aliphatic rings. The molecule has 0 radical (unpaired) electrons. The van der Waals surface area contributed by atoms with Gasteiger partial charge in [-0.15, -0.1) is 0 Å². The zero-order valence-electron chi connectivity index (χ0n) is 15.4. The van der Waals surface area contributed by atoms with Gasteiger partial charge in [0.2, 0.25) is 5.91 Å². The van der Waals surface area contributed by atoms with Crippen LogP contribution in [0.1, 0.15) is 23.5 Å². The monoisotopic (exact) mass is 360 g/mol. The highest BCUT2D eigenvalue weighted by Crippen LogP contribution is 2.44. The minimum absolute atomic E-state index is 0.0494. The number of nitrogens with zero attached hydrogens (tertiary/aromatic N) is 1. The van der Waals surface area contributed by atoms with Gasteiger partial charge in [-0.1, -0.05) is 24.3 Å². The van der Waals surface area contributed by atoms with Crippen LogP contribution >= 0.6 is 0 Å². The number of carbonyl (C=O) groups excluding carboxylic acids is 1. The van der Waals surface area contributed by atoms with E-state index in [1.807, 2.05) is 24.3 Å². The number of para-hydroxylation sites is 2. The van der Waals surface area contributed by atoms with Crippen molar-refractivity contribution >= 4 is 28.2 Å². The summed E-state index contributed by atoms with van der Waals surface area (Å²) >= 11 is 0. The first-order chi connectivity index (χ1) is 13.1. The Labute approximate surface area is 158 Å². The van der Waals surface area contributed by atoms with Crippen LogP contribution in [0.3, 0.4) is 0 Å². The number of nitrogens with one attached hydrogen (secondary N) is 2. The van der Waals surface area contributed by atoms with Gasteiger partial charge in [0.15, 0.2) is 0 Å². The van der Waals surface area contributed by atoms with E-state index in [0.717, 1.165) is 19.4 Å². The Balaban J connectivity index is 1.44. The molecule has 0 bridgehead atoms. The molecule has 5 rings (SSSR count). The first kappa shape index (κ1) is 16.4. The zero-order chi connectivity index (χ0) is 18.5. The van der Waals surface area contributed by atoms with E-state index >= 15 is 0 Å². The topological polar surface area (TPSA) is 74.2 Å². The molecule has 1 saturated heterocycles. The van der Waals surface area contributed by atoms with Crippen molar-refractivity contribution < 1.29 is 4.79 Å². The summed E-state index contributed by atoms with van der Waals surface area (Å²) < 4.78 is 0. The van der Waals surface area contributed by atoms with Crippen molar-refractivity contribution in [2.45, 2.75) is 24.8 Å². The first-order valence-corrected chi connectivity index (χ1v) is 9.56. The van der Waals surface area contributed by atoms with Gasteiger partial charge in [-0.2, -0.15) is 0 Å². The maximum absolute atomic E-state index is 13.0. The number of carbonyl (C=O) groups is 1. The fourth-order valence-electron chi connectivity index (χ4n) is 4.98. The maximum atomic E-state index is 13.0. The minimum Gasteiger partial charge on any atom is -0.397 e. The molecule has 27 heavy (non-hydrogen) atoms. The summed E-state index contributed by atoms with van der Waals surface area (Å²) in [6, 6.07) is 14.4. The average molecular weight is 360 g/mol. The summed E-state index contributed by atoms with van der Waals surface area (Å²) in [6.07, 6.45) is 4.06. The van der Waals surface area contributed by atoms with Crippen LogP contribution in [-0.4, -0.2) is 35.4 Å². The van der Waals surface area contributed by atoms with E-state index < -0.39 is 0 Å². The molecular formula is C22H24N4O. The Bertz CT molecular complexity index is 1020. The van der Waals surface area contributed by atoms with Gasteiger partial charge in [-0.3, -0.25) is 4.79 Å². The number of nitrogens with two attached hydrogens (primary N) is 1. The average Bonchev–Trinajstić information content (AvgIpc) is 3.09. The van der Waals surface area contributed by atoms with E-state index in [1.165, 1.54) is 22.0 Å². The normalized spacial score (nSPS) is 24.6. The molecule has 3 atom stereocenters. The molecule has 0 spiro atoms. The Morgan fingerprint density at radius 1 is 1.22 bits per heavy atom.